The molecule has 4 aromatic rings. The van der Waals surface area contributed by atoms with E-state index < -0.39 is 5.97 Å². The number of carbonyl (C=O) groups excluding carboxylic acids is 1. The number of carbonyl (C=O) groups is 2. The molecule has 36 heavy (non-hydrogen) atoms. The van der Waals surface area contributed by atoms with Crippen LogP contribution in [0.3, 0.4) is 0 Å². The molecule has 0 saturated carbocycles. The van der Waals surface area contributed by atoms with Crippen LogP contribution in [0, 0.1) is 6.92 Å². The second-order valence-electron chi connectivity index (χ2n) is 7.85. The Morgan fingerprint density at radius 1 is 1.11 bits per heavy atom. The average molecular weight is 527 g/mol. The first-order chi connectivity index (χ1) is 17.3. The molecule has 4 rings (SSSR count). The van der Waals surface area contributed by atoms with Crippen molar-refractivity contribution >= 4 is 56.1 Å². The van der Waals surface area contributed by atoms with E-state index in [0.29, 0.717) is 56.7 Å². The lowest BCUT2D eigenvalue weighted by atomic mass is 10.0. The number of hydrogen-bond donors (Lipinski definition) is 3. The third kappa shape index (κ3) is 6.04. The fraction of sp³-hybridized carbons (Fsp3) is 0.250. The zero-order valence-corrected chi connectivity index (χ0v) is 21.1. The molecule has 0 spiro atoms. The maximum Gasteiger partial charge on any atom is 0.303 e. The van der Waals surface area contributed by atoms with E-state index in [-0.39, 0.29) is 17.5 Å². The number of thiazole rings is 1. The van der Waals surface area contributed by atoms with Crippen molar-refractivity contribution in [3.8, 4) is 16.9 Å². The number of amides is 1. The highest BCUT2D eigenvalue weighted by atomic mass is 35.5. The van der Waals surface area contributed by atoms with E-state index >= 15 is 0 Å². The molecular formula is C24H23ClN6O4S. The molecule has 10 nitrogen and oxygen atoms in total. The van der Waals surface area contributed by atoms with Gasteiger partial charge in [0.2, 0.25) is 0 Å². The minimum absolute atomic E-state index is 0.144. The van der Waals surface area contributed by atoms with Crippen LogP contribution in [0.2, 0.25) is 5.15 Å². The molecule has 3 N–H and O–H groups in total. The van der Waals surface area contributed by atoms with Gasteiger partial charge in [0, 0.05) is 36.0 Å². The van der Waals surface area contributed by atoms with E-state index in [1.807, 2.05) is 13.0 Å². The predicted octanol–water partition coefficient (Wildman–Crippen LogP) is 5.04. The minimum Gasteiger partial charge on any atom is -0.494 e. The third-order valence-corrected chi connectivity index (χ3v) is 6.32. The number of rotatable bonds is 10. The number of unbranched alkanes of at least 4 members (excludes halogenated alkanes) is 1. The van der Waals surface area contributed by atoms with Gasteiger partial charge in [-0.2, -0.15) is 0 Å². The van der Waals surface area contributed by atoms with Gasteiger partial charge in [-0.05, 0) is 44.0 Å². The van der Waals surface area contributed by atoms with Crippen LogP contribution in [-0.4, -0.2) is 50.6 Å². The smallest absolute Gasteiger partial charge is 0.303 e. The van der Waals surface area contributed by atoms with Crippen LogP contribution in [-0.2, 0) is 4.79 Å². The maximum absolute atomic E-state index is 13.3. The number of pyridine rings is 3. The molecule has 0 fully saturated rings. The molecule has 0 aliphatic carbocycles. The number of ether oxygens (including phenoxy) is 1. The largest absolute Gasteiger partial charge is 0.494 e. The van der Waals surface area contributed by atoms with Crippen LogP contribution in [0.4, 0.5) is 10.9 Å². The number of hydrogen-bond acceptors (Lipinski definition) is 9. The fourth-order valence-electron chi connectivity index (χ4n) is 3.51. The van der Waals surface area contributed by atoms with Crippen molar-refractivity contribution in [2.24, 2.45) is 0 Å². The van der Waals surface area contributed by atoms with Crippen molar-refractivity contribution in [3.05, 3.63) is 53.1 Å². The molecule has 0 aliphatic rings. The summed E-state index contributed by atoms with van der Waals surface area (Å²) in [5, 5.41) is 15.4. The molecule has 4 aromatic heterocycles. The topological polar surface area (TPSA) is 139 Å². The Morgan fingerprint density at radius 2 is 1.94 bits per heavy atom. The second-order valence-corrected chi connectivity index (χ2v) is 9.21. The summed E-state index contributed by atoms with van der Waals surface area (Å²) < 4.78 is 5.43. The molecule has 0 unspecified atom stereocenters. The van der Waals surface area contributed by atoms with E-state index in [1.54, 1.807) is 18.2 Å². The number of halogens is 1. The first kappa shape index (κ1) is 25.3. The van der Waals surface area contributed by atoms with Gasteiger partial charge in [0.1, 0.15) is 27.1 Å². The minimum atomic E-state index is -0.800. The van der Waals surface area contributed by atoms with Crippen molar-refractivity contribution in [1.29, 1.82) is 0 Å². The predicted molar refractivity (Wildman–Crippen MR) is 139 cm³/mol. The van der Waals surface area contributed by atoms with Crippen molar-refractivity contribution < 1.29 is 19.4 Å². The summed E-state index contributed by atoms with van der Waals surface area (Å²) in [5.41, 5.74) is 2.94. The van der Waals surface area contributed by atoms with E-state index in [1.165, 1.54) is 30.8 Å². The lowest BCUT2D eigenvalue weighted by Crippen LogP contribution is -2.14. The Morgan fingerprint density at radius 3 is 2.72 bits per heavy atom. The second kappa shape index (κ2) is 11.3. The first-order valence-corrected chi connectivity index (χ1v) is 12.2. The zero-order valence-electron chi connectivity index (χ0n) is 19.5. The van der Waals surface area contributed by atoms with Crippen LogP contribution >= 0.6 is 22.9 Å². The van der Waals surface area contributed by atoms with Gasteiger partial charge in [0.15, 0.2) is 5.13 Å². The normalized spacial score (nSPS) is 10.9. The zero-order chi connectivity index (χ0) is 25.7. The average Bonchev–Trinajstić information content (AvgIpc) is 3.25. The number of fused-ring (bicyclic) bond motifs is 1. The van der Waals surface area contributed by atoms with Gasteiger partial charge in [-0.25, -0.2) is 15.0 Å². The molecule has 0 aromatic carbocycles. The number of nitrogens with one attached hydrogen (secondary N) is 2. The monoisotopic (exact) mass is 526 g/mol. The van der Waals surface area contributed by atoms with E-state index in [9.17, 15) is 9.59 Å². The molecule has 12 heteroatoms. The van der Waals surface area contributed by atoms with Gasteiger partial charge < -0.3 is 15.2 Å². The lowest BCUT2D eigenvalue weighted by molar-refractivity contribution is -0.137. The molecule has 0 saturated heterocycles. The molecule has 4 heterocycles. The summed E-state index contributed by atoms with van der Waals surface area (Å²) in [6.45, 7) is 2.44. The highest BCUT2D eigenvalue weighted by Crippen LogP contribution is 2.34. The van der Waals surface area contributed by atoms with Crippen LogP contribution in [0.5, 0.6) is 5.75 Å². The Kier molecular flexibility index (Phi) is 7.91. The Bertz CT molecular complexity index is 1430. The molecule has 0 radical (unpaired) electrons. The van der Waals surface area contributed by atoms with Gasteiger partial charge in [0.05, 0.1) is 18.9 Å². The third-order valence-electron chi connectivity index (χ3n) is 5.23. The molecule has 0 aliphatic heterocycles. The lowest BCUT2D eigenvalue weighted by Gasteiger charge is -2.13. The summed E-state index contributed by atoms with van der Waals surface area (Å²) >= 11 is 7.37. The number of carboxylic acids is 1. The standard InChI is InChI=1S/C24H23ClN6O4S/c1-13-9-14(15-10-19(25)28-12-18(15)35-2)16(11-27-13)22(34)31-24-29-17-6-7-20(30-23(17)36-24)26-8-4-3-5-21(32)33/h6-7,9-12H,3-5,8H2,1-2H3,(H,26,30)(H,32,33)(H,29,31,34). The molecule has 0 bridgehead atoms. The number of methoxy groups -OCH3 is 1. The van der Waals surface area contributed by atoms with Gasteiger partial charge in [-0.3, -0.25) is 19.9 Å². The summed E-state index contributed by atoms with van der Waals surface area (Å²) in [5.74, 6) is -0.0494. The fourth-order valence-corrected chi connectivity index (χ4v) is 4.50. The van der Waals surface area contributed by atoms with Crippen LogP contribution in [0.15, 0.2) is 36.7 Å². The van der Waals surface area contributed by atoms with Crippen LogP contribution in [0.1, 0.15) is 35.3 Å². The molecule has 186 valence electrons. The highest BCUT2D eigenvalue weighted by Gasteiger charge is 2.19. The van der Waals surface area contributed by atoms with E-state index in [0.717, 1.165) is 12.1 Å². The Balaban J connectivity index is 1.53. The van der Waals surface area contributed by atoms with Gasteiger partial charge >= 0.3 is 5.97 Å². The summed E-state index contributed by atoms with van der Waals surface area (Å²) in [7, 11) is 1.52. The van der Waals surface area contributed by atoms with Gasteiger partial charge in [0.25, 0.3) is 5.91 Å². The van der Waals surface area contributed by atoms with Crippen molar-refractivity contribution in [2.45, 2.75) is 26.2 Å². The van der Waals surface area contributed by atoms with Crippen LogP contribution < -0.4 is 15.4 Å². The number of anilines is 2. The summed E-state index contributed by atoms with van der Waals surface area (Å²) in [6, 6.07) is 7.05. The van der Waals surface area contributed by atoms with Gasteiger partial charge in [-0.15, -0.1) is 0 Å². The number of aliphatic carboxylic acids is 1. The molecular weight excluding hydrogens is 504 g/mol. The molecule has 0 atom stereocenters. The number of nitrogens with zero attached hydrogens (tertiary/aromatic N) is 4. The number of aromatic nitrogens is 4. The molecule has 1 amide bonds. The summed E-state index contributed by atoms with van der Waals surface area (Å²) in [4.78, 5) is 41.9. The Hall–Kier alpha value is -3.83. The van der Waals surface area contributed by atoms with Crippen molar-refractivity contribution in [1.82, 2.24) is 19.9 Å². The van der Waals surface area contributed by atoms with Crippen LogP contribution in [0.25, 0.3) is 21.5 Å². The van der Waals surface area contributed by atoms with E-state index in [4.69, 9.17) is 21.4 Å². The number of aryl methyl sites for hydroxylation is 1. The van der Waals surface area contributed by atoms with Crippen molar-refractivity contribution in [3.63, 3.8) is 0 Å². The number of carboxylic acid groups (broad SMARTS) is 1. The first-order valence-electron chi connectivity index (χ1n) is 11.0. The quantitative estimate of drug-likeness (QED) is 0.191. The Labute approximate surface area is 215 Å². The van der Waals surface area contributed by atoms with Crippen molar-refractivity contribution in [2.75, 3.05) is 24.3 Å². The SMILES string of the molecule is COc1cnc(Cl)cc1-c1cc(C)ncc1C(=O)Nc1nc2ccc(NCCCCC(=O)O)nc2s1. The maximum atomic E-state index is 13.3. The summed E-state index contributed by atoms with van der Waals surface area (Å²) in [6.07, 6.45) is 4.47. The van der Waals surface area contributed by atoms with Gasteiger partial charge in [-0.1, -0.05) is 22.9 Å². The highest BCUT2D eigenvalue weighted by molar-refractivity contribution is 7.22. The van der Waals surface area contributed by atoms with E-state index in [2.05, 4.69) is 30.6 Å².